The third kappa shape index (κ3) is 5.44. The van der Waals surface area contributed by atoms with E-state index in [2.05, 4.69) is 36.2 Å². The molecule has 8 nitrogen and oxygen atoms in total. The standard InChI is InChI=1S/C27H33N3O5/c1-18-14-29(15-19(2)35-18)16-21-6-4-3-5-20(21)13-28-27(32)22-11-26(31)30(17-22)23-7-8-24-25(12-23)34-10-9-33-24/h3-8,12,18-19,22H,9-11,13-17H2,1-2H3,(H,28,32). The topological polar surface area (TPSA) is 80.3 Å². The number of carbonyl (C=O) groups is 2. The fourth-order valence-electron chi connectivity index (χ4n) is 5.20. The molecule has 3 aliphatic rings. The molecule has 2 fully saturated rings. The molecule has 3 heterocycles. The second kappa shape index (κ2) is 10.3. The number of anilines is 1. The minimum atomic E-state index is -0.385. The van der Waals surface area contributed by atoms with E-state index in [1.54, 1.807) is 4.90 Å². The van der Waals surface area contributed by atoms with E-state index >= 15 is 0 Å². The highest BCUT2D eigenvalue weighted by Crippen LogP contribution is 2.36. The van der Waals surface area contributed by atoms with Gasteiger partial charge in [0, 0.05) is 50.9 Å². The van der Waals surface area contributed by atoms with Crippen LogP contribution in [0.1, 0.15) is 31.4 Å². The Morgan fingerprint density at radius 3 is 2.46 bits per heavy atom. The summed E-state index contributed by atoms with van der Waals surface area (Å²) in [5.41, 5.74) is 3.03. The van der Waals surface area contributed by atoms with Gasteiger partial charge in [-0.15, -0.1) is 0 Å². The number of nitrogens with one attached hydrogen (secondary N) is 1. The lowest BCUT2D eigenvalue weighted by Gasteiger charge is -2.35. The Labute approximate surface area is 206 Å². The van der Waals surface area contributed by atoms with E-state index in [1.807, 2.05) is 30.3 Å². The molecule has 2 aromatic rings. The first-order valence-corrected chi connectivity index (χ1v) is 12.4. The summed E-state index contributed by atoms with van der Waals surface area (Å²) in [4.78, 5) is 29.8. The summed E-state index contributed by atoms with van der Waals surface area (Å²) in [7, 11) is 0. The van der Waals surface area contributed by atoms with Gasteiger partial charge in [-0.3, -0.25) is 14.5 Å². The van der Waals surface area contributed by atoms with Crippen LogP contribution < -0.4 is 19.7 Å². The third-order valence-corrected chi connectivity index (χ3v) is 6.79. The highest BCUT2D eigenvalue weighted by molar-refractivity contribution is 6.00. The second-order valence-electron chi connectivity index (χ2n) is 9.67. The zero-order chi connectivity index (χ0) is 24.4. The van der Waals surface area contributed by atoms with Crippen molar-refractivity contribution in [3.8, 4) is 11.5 Å². The molecule has 5 rings (SSSR count). The van der Waals surface area contributed by atoms with Crippen molar-refractivity contribution in [3.05, 3.63) is 53.6 Å². The predicted molar refractivity (Wildman–Crippen MR) is 131 cm³/mol. The van der Waals surface area contributed by atoms with Gasteiger partial charge >= 0.3 is 0 Å². The van der Waals surface area contributed by atoms with E-state index < -0.39 is 0 Å². The maximum Gasteiger partial charge on any atom is 0.227 e. The van der Waals surface area contributed by atoms with Crippen molar-refractivity contribution < 1.29 is 23.8 Å². The SMILES string of the molecule is CC1CN(Cc2ccccc2CNC(=O)C2CC(=O)N(c3ccc4c(c3)OCCO4)C2)CC(C)O1. The summed E-state index contributed by atoms with van der Waals surface area (Å²) in [5, 5.41) is 3.07. The summed E-state index contributed by atoms with van der Waals surface area (Å²) >= 11 is 0. The molecule has 8 heteroatoms. The fraction of sp³-hybridized carbons (Fsp3) is 0.481. The van der Waals surface area contributed by atoms with E-state index in [1.165, 1.54) is 5.56 Å². The third-order valence-electron chi connectivity index (χ3n) is 6.79. The molecule has 0 aliphatic carbocycles. The second-order valence-corrected chi connectivity index (χ2v) is 9.67. The van der Waals surface area contributed by atoms with Crippen LogP contribution in [0.3, 0.4) is 0 Å². The maximum atomic E-state index is 13.0. The van der Waals surface area contributed by atoms with E-state index in [4.69, 9.17) is 14.2 Å². The molecule has 2 amide bonds. The van der Waals surface area contributed by atoms with Crippen molar-refractivity contribution >= 4 is 17.5 Å². The smallest absolute Gasteiger partial charge is 0.227 e. The summed E-state index contributed by atoms with van der Waals surface area (Å²) in [6.45, 7) is 8.62. The molecule has 1 N–H and O–H groups in total. The summed E-state index contributed by atoms with van der Waals surface area (Å²) in [5.74, 6) is 0.777. The van der Waals surface area contributed by atoms with Crippen molar-refractivity contribution in [2.24, 2.45) is 5.92 Å². The van der Waals surface area contributed by atoms with Gasteiger partial charge in [0.2, 0.25) is 11.8 Å². The molecule has 0 aromatic heterocycles. The van der Waals surface area contributed by atoms with Crippen LogP contribution >= 0.6 is 0 Å². The lowest BCUT2D eigenvalue weighted by Crippen LogP contribution is -2.45. The summed E-state index contributed by atoms with van der Waals surface area (Å²) in [6.07, 6.45) is 0.621. The minimum absolute atomic E-state index is 0.0576. The van der Waals surface area contributed by atoms with Crippen LogP contribution in [0.15, 0.2) is 42.5 Å². The molecule has 35 heavy (non-hydrogen) atoms. The van der Waals surface area contributed by atoms with Crippen LogP contribution in [0.25, 0.3) is 0 Å². The van der Waals surface area contributed by atoms with Crippen molar-refractivity contribution in [1.82, 2.24) is 10.2 Å². The molecule has 3 aliphatic heterocycles. The Hall–Kier alpha value is -3.10. The Bertz CT molecular complexity index is 1080. The van der Waals surface area contributed by atoms with Crippen molar-refractivity contribution in [2.45, 2.75) is 45.6 Å². The highest BCUT2D eigenvalue weighted by Gasteiger charge is 2.35. The van der Waals surface area contributed by atoms with Gasteiger partial charge in [0.05, 0.1) is 18.1 Å². The van der Waals surface area contributed by atoms with Gasteiger partial charge in [-0.2, -0.15) is 0 Å². The number of hydrogen-bond acceptors (Lipinski definition) is 6. The van der Waals surface area contributed by atoms with Crippen molar-refractivity contribution in [2.75, 3.05) is 37.7 Å². The van der Waals surface area contributed by atoms with E-state index in [0.29, 0.717) is 37.8 Å². The maximum absolute atomic E-state index is 13.0. The van der Waals surface area contributed by atoms with Crippen LogP contribution in [0.5, 0.6) is 11.5 Å². The van der Waals surface area contributed by atoms with Crippen LogP contribution in [0.2, 0.25) is 0 Å². The number of amides is 2. The zero-order valence-corrected chi connectivity index (χ0v) is 20.4. The van der Waals surface area contributed by atoms with E-state index in [-0.39, 0.29) is 36.4 Å². The molecule has 2 saturated heterocycles. The summed E-state index contributed by atoms with van der Waals surface area (Å²) < 4.78 is 17.1. The number of nitrogens with zero attached hydrogens (tertiary/aromatic N) is 2. The first-order chi connectivity index (χ1) is 17.0. The molecule has 3 unspecified atom stereocenters. The average molecular weight is 480 g/mol. The van der Waals surface area contributed by atoms with Crippen LogP contribution in [-0.2, 0) is 27.4 Å². The Morgan fingerprint density at radius 1 is 0.971 bits per heavy atom. The number of carbonyl (C=O) groups excluding carboxylic acids is 2. The number of benzene rings is 2. The number of ether oxygens (including phenoxy) is 3. The number of hydrogen-bond donors (Lipinski definition) is 1. The summed E-state index contributed by atoms with van der Waals surface area (Å²) in [6, 6.07) is 13.7. The van der Waals surface area contributed by atoms with Crippen LogP contribution in [0.4, 0.5) is 5.69 Å². The highest BCUT2D eigenvalue weighted by atomic mass is 16.6. The van der Waals surface area contributed by atoms with Gasteiger partial charge in [-0.25, -0.2) is 0 Å². The lowest BCUT2D eigenvalue weighted by atomic mass is 10.0. The lowest BCUT2D eigenvalue weighted by molar-refractivity contribution is -0.126. The first-order valence-electron chi connectivity index (χ1n) is 12.4. The van der Waals surface area contributed by atoms with Gasteiger partial charge < -0.3 is 24.4 Å². The monoisotopic (exact) mass is 479 g/mol. The zero-order valence-electron chi connectivity index (χ0n) is 20.4. The van der Waals surface area contributed by atoms with Crippen LogP contribution in [-0.4, -0.2) is 61.8 Å². The molecule has 2 aromatic carbocycles. The van der Waals surface area contributed by atoms with Gasteiger partial charge in [0.25, 0.3) is 0 Å². The van der Waals surface area contributed by atoms with E-state index in [0.717, 1.165) is 30.9 Å². The van der Waals surface area contributed by atoms with Crippen molar-refractivity contribution in [3.63, 3.8) is 0 Å². The van der Waals surface area contributed by atoms with E-state index in [9.17, 15) is 9.59 Å². The number of rotatable bonds is 6. The number of morpholine rings is 1. The molecule has 0 radical (unpaired) electrons. The van der Waals surface area contributed by atoms with Crippen molar-refractivity contribution in [1.29, 1.82) is 0 Å². The minimum Gasteiger partial charge on any atom is -0.486 e. The Balaban J connectivity index is 1.19. The largest absolute Gasteiger partial charge is 0.486 e. The molecule has 0 bridgehead atoms. The molecule has 3 atom stereocenters. The predicted octanol–water partition coefficient (Wildman–Crippen LogP) is 2.74. The fourth-order valence-corrected chi connectivity index (χ4v) is 5.20. The Kier molecular flexibility index (Phi) is 6.92. The van der Waals surface area contributed by atoms with Crippen LogP contribution in [0, 0.1) is 5.92 Å². The molecular weight excluding hydrogens is 446 g/mol. The number of fused-ring (bicyclic) bond motifs is 1. The van der Waals surface area contributed by atoms with Gasteiger partial charge in [-0.1, -0.05) is 24.3 Å². The van der Waals surface area contributed by atoms with Gasteiger partial charge in [0.15, 0.2) is 11.5 Å². The van der Waals surface area contributed by atoms with Gasteiger partial charge in [0.1, 0.15) is 13.2 Å². The van der Waals surface area contributed by atoms with Gasteiger partial charge in [-0.05, 0) is 37.1 Å². The molecule has 186 valence electrons. The normalized spacial score (nSPS) is 24.5. The average Bonchev–Trinajstić information content (AvgIpc) is 3.24. The molecular formula is C27H33N3O5. The molecule has 0 saturated carbocycles. The molecule has 0 spiro atoms. The quantitative estimate of drug-likeness (QED) is 0.686. The first kappa shape index (κ1) is 23.6. The Morgan fingerprint density at radius 2 is 1.69 bits per heavy atom.